The van der Waals surface area contributed by atoms with E-state index in [0.717, 1.165) is 23.4 Å². The van der Waals surface area contributed by atoms with Crippen LogP contribution >= 0.6 is 0 Å². The zero-order chi connectivity index (χ0) is 16.7. The Morgan fingerprint density at radius 2 is 1.91 bits per heavy atom. The lowest BCUT2D eigenvalue weighted by molar-refractivity contribution is 0.305. The van der Waals surface area contributed by atoms with E-state index in [0.29, 0.717) is 13.0 Å². The summed E-state index contributed by atoms with van der Waals surface area (Å²) < 4.78 is 5.82. The van der Waals surface area contributed by atoms with E-state index in [1.807, 2.05) is 49.3 Å². The third-order valence-electron chi connectivity index (χ3n) is 3.93. The van der Waals surface area contributed by atoms with Crippen LogP contribution in [0.25, 0.3) is 0 Å². The average Bonchev–Trinajstić information content (AvgIpc) is 2.59. The lowest BCUT2D eigenvalue weighted by Crippen LogP contribution is -2.10. The molecule has 0 aromatic heterocycles. The fourth-order valence-electron chi connectivity index (χ4n) is 2.48. The fourth-order valence-corrected chi connectivity index (χ4v) is 2.48. The molecule has 0 aliphatic heterocycles. The van der Waals surface area contributed by atoms with Crippen molar-refractivity contribution in [3.05, 3.63) is 59.7 Å². The van der Waals surface area contributed by atoms with Gasteiger partial charge in [0.2, 0.25) is 0 Å². The Hall–Kier alpha value is -2.47. The van der Waals surface area contributed by atoms with Gasteiger partial charge >= 0.3 is 0 Å². The second-order valence-electron chi connectivity index (χ2n) is 5.81. The molecule has 0 aliphatic carbocycles. The Labute approximate surface area is 139 Å². The number of ether oxygens (including phenoxy) is 1. The molecule has 0 spiro atoms. The van der Waals surface area contributed by atoms with E-state index in [2.05, 4.69) is 31.2 Å². The first kappa shape index (κ1) is 16.9. The van der Waals surface area contributed by atoms with Crippen molar-refractivity contribution >= 4 is 5.69 Å². The molecule has 0 radical (unpaired) electrons. The molecule has 0 saturated carbocycles. The minimum absolute atomic E-state index is 0.149. The monoisotopic (exact) mass is 308 g/mol. The van der Waals surface area contributed by atoms with E-state index in [4.69, 9.17) is 4.74 Å². The molecule has 2 aromatic rings. The van der Waals surface area contributed by atoms with Gasteiger partial charge in [-0.2, -0.15) is 5.26 Å². The SMILES string of the molecule is CCc1cccc(OCCC(C#N)c2cccc(N(C)C)c2)c1. The molecule has 0 saturated heterocycles. The highest BCUT2D eigenvalue weighted by atomic mass is 16.5. The molecule has 3 nitrogen and oxygen atoms in total. The Kier molecular flexibility index (Phi) is 6.05. The quantitative estimate of drug-likeness (QED) is 0.761. The van der Waals surface area contributed by atoms with E-state index in [9.17, 15) is 5.26 Å². The summed E-state index contributed by atoms with van der Waals surface area (Å²) in [6.07, 6.45) is 1.68. The molecule has 23 heavy (non-hydrogen) atoms. The second kappa shape index (κ2) is 8.24. The van der Waals surface area contributed by atoms with Gasteiger partial charge in [0, 0.05) is 26.2 Å². The maximum Gasteiger partial charge on any atom is 0.119 e. The lowest BCUT2D eigenvalue weighted by Gasteiger charge is -2.16. The highest BCUT2D eigenvalue weighted by molar-refractivity contribution is 5.48. The molecule has 2 rings (SSSR count). The van der Waals surface area contributed by atoms with Crippen LogP contribution in [0.4, 0.5) is 5.69 Å². The van der Waals surface area contributed by atoms with Gasteiger partial charge in [-0.1, -0.05) is 31.2 Å². The molecule has 1 atom stereocenters. The molecule has 120 valence electrons. The first-order chi connectivity index (χ1) is 11.1. The first-order valence-corrected chi connectivity index (χ1v) is 8.02. The summed E-state index contributed by atoms with van der Waals surface area (Å²) in [5.41, 5.74) is 3.42. The van der Waals surface area contributed by atoms with Gasteiger partial charge in [-0.05, 0) is 41.8 Å². The van der Waals surface area contributed by atoms with Crippen molar-refractivity contribution in [1.29, 1.82) is 5.26 Å². The summed E-state index contributed by atoms with van der Waals surface area (Å²) in [6.45, 7) is 2.67. The van der Waals surface area contributed by atoms with Gasteiger partial charge in [0.15, 0.2) is 0 Å². The van der Waals surface area contributed by atoms with Crippen molar-refractivity contribution in [2.24, 2.45) is 0 Å². The smallest absolute Gasteiger partial charge is 0.119 e. The van der Waals surface area contributed by atoms with Crippen molar-refractivity contribution in [3.63, 3.8) is 0 Å². The molecule has 0 amide bonds. The minimum atomic E-state index is -0.149. The van der Waals surface area contributed by atoms with Crippen LogP contribution in [-0.4, -0.2) is 20.7 Å². The molecular weight excluding hydrogens is 284 g/mol. The molecule has 3 heteroatoms. The molecule has 1 unspecified atom stereocenters. The van der Waals surface area contributed by atoms with Gasteiger partial charge < -0.3 is 9.64 Å². The number of hydrogen-bond acceptors (Lipinski definition) is 3. The van der Waals surface area contributed by atoms with Gasteiger partial charge in [-0.15, -0.1) is 0 Å². The molecule has 0 aliphatic rings. The maximum atomic E-state index is 9.47. The normalized spacial score (nSPS) is 11.6. The van der Waals surface area contributed by atoms with Crippen LogP contribution in [0.3, 0.4) is 0 Å². The van der Waals surface area contributed by atoms with Gasteiger partial charge in [0.05, 0.1) is 18.6 Å². The highest BCUT2D eigenvalue weighted by Gasteiger charge is 2.12. The van der Waals surface area contributed by atoms with E-state index in [1.54, 1.807) is 0 Å². The van der Waals surface area contributed by atoms with Crippen LogP contribution in [0, 0.1) is 11.3 Å². The summed E-state index contributed by atoms with van der Waals surface area (Å²) in [7, 11) is 4.01. The number of anilines is 1. The predicted molar refractivity (Wildman–Crippen MR) is 95.1 cm³/mol. The van der Waals surface area contributed by atoms with Crippen molar-refractivity contribution in [2.75, 3.05) is 25.6 Å². The van der Waals surface area contributed by atoms with E-state index >= 15 is 0 Å². The molecule has 0 N–H and O–H groups in total. The standard InChI is InChI=1S/C20H24N2O/c1-4-16-7-5-10-20(13-16)23-12-11-18(15-21)17-8-6-9-19(14-17)22(2)3/h5-10,13-14,18H,4,11-12H2,1-3H3. The number of rotatable bonds is 7. The zero-order valence-corrected chi connectivity index (χ0v) is 14.1. The Bertz CT molecular complexity index is 673. The lowest BCUT2D eigenvalue weighted by atomic mass is 9.97. The molecule has 2 aromatic carbocycles. The number of aryl methyl sites for hydroxylation is 1. The van der Waals surface area contributed by atoms with Crippen LogP contribution < -0.4 is 9.64 Å². The van der Waals surface area contributed by atoms with Crippen LogP contribution in [0.2, 0.25) is 0 Å². The predicted octanol–water partition coefficient (Wildman–Crippen LogP) is 4.39. The van der Waals surface area contributed by atoms with Crippen molar-refractivity contribution in [2.45, 2.75) is 25.7 Å². The van der Waals surface area contributed by atoms with Gasteiger partial charge in [0.25, 0.3) is 0 Å². The second-order valence-corrected chi connectivity index (χ2v) is 5.81. The van der Waals surface area contributed by atoms with E-state index < -0.39 is 0 Å². The van der Waals surface area contributed by atoms with Crippen LogP contribution in [0.15, 0.2) is 48.5 Å². The Balaban J connectivity index is 1.97. The van der Waals surface area contributed by atoms with Crippen LogP contribution in [0.1, 0.15) is 30.4 Å². The first-order valence-electron chi connectivity index (χ1n) is 8.02. The largest absolute Gasteiger partial charge is 0.494 e. The summed E-state index contributed by atoms with van der Waals surface area (Å²) in [5, 5.41) is 9.47. The molecule has 0 heterocycles. The summed E-state index contributed by atoms with van der Waals surface area (Å²) >= 11 is 0. The zero-order valence-electron chi connectivity index (χ0n) is 14.1. The fraction of sp³-hybridized carbons (Fsp3) is 0.350. The number of benzene rings is 2. The third kappa shape index (κ3) is 4.75. The topological polar surface area (TPSA) is 36.3 Å². The molecular formula is C20H24N2O. The van der Waals surface area contributed by atoms with Gasteiger partial charge in [0.1, 0.15) is 5.75 Å². The summed E-state index contributed by atoms with van der Waals surface area (Å²) in [5.74, 6) is 0.729. The van der Waals surface area contributed by atoms with E-state index in [-0.39, 0.29) is 5.92 Å². The number of hydrogen-bond donors (Lipinski definition) is 0. The van der Waals surface area contributed by atoms with Crippen molar-refractivity contribution < 1.29 is 4.74 Å². The summed E-state index contributed by atoms with van der Waals surface area (Å²) in [4.78, 5) is 2.05. The van der Waals surface area contributed by atoms with Gasteiger partial charge in [-0.25, -0.2) is 0 Å². The molecule has 0 fully saturated rings. The van der Waals surface area contributed by atoms with Crippen LogP contribution in [0.5, 0.6) is 5.75 Å². The van der Waals surface area contributed by atoms with Gasteiger partial charge in [-0.3, -0.25) is 0 Å². The summed E-state index contributed by atoms with van der Waals surface area (Å²) in [6, 6.07) is 18.7. The van der Waals surface area contributed by atoms with Crippen molar-refractivity contribution in [1.82, 2.24) is 0 Å². The van der Waals surface area contributed by atoms with E-state index in [1.165, 1.54) is 5.56 Å². The van der Waals surface area contributed by atoms with Crippen LogP contribution in [-0.2, 0) is 6.42 Å². The maximum absolute atomic E-state index is 9.47. The number of nitrogens with zero attached hydrogens (tertiary/aromatic N) is 2. The number of nitriles is 1. The molecule has 0 bridgehead atoms. The Morgan fingerprint density at radius 1 is 1.13 bits per heavy atom. The third-order valence-corrected chi connectivity index (χ3v) is 3.93. The average molecular weight is 308 g/mol. The van der Waals surface area contributed by atoms with Crippen molar-refractivity contribution in [3.8, 4) is 11.8 Å². The Morgan fingerprint density at radius 3 is 2.61 bits per heavy atom. The highest BCUT2D eigenvalue weighted by Crippen LogP contribution is 2.24. The minimum Gasteiger partial charge on any atom is -0.494 e.